The van der Waals surface area contributed by atoms with E-state index in [9.17, 15) is 13.6 Å². The second kappa shape index (κ2) is 9.59. The minimum Gasteiger partial charge on any atom is -0.465 e. The molecular formula is C13H24F2O2S. The Hall–Kier alpha value is -0.320. The van der Waals surface area contributed by atoms with Crippen molar-refractivity contribution in [3.05, 3.63) is 0 Å². The third kappa shape index (κ3) is 9.68. The molecule has 1 atom stereocenters. The van der Waals surface area contributed by atoms with Crippen LogP contribution in [-0.2, 0) is 9.53 Å². The van der Waals surface area contributed by atoms with Crippen LogP contribution in [0, 0.1) is 0 Å². The van der Waals surface area contributed by atoms with Crippen LogP contribution in [0.3, 0.4) is 0 Å². The van der Waals surface area contributed by atoms with E-state index in [2.05, 4.69) is 0 Å². The summed E-state index contributed by atoms with van der Waals surface area (Å²) < 4.78 is 31.3. The van der Waals surface area contributed by atoms with Gasteiger partial charge in [-0.3, -0.25) is 4.79 Å². The summed E-state index contributed by atoms with van der Waals surface area (Å²) in [4.78, 5) is 10.9. The fourth-order valence-electron chi connectivity index (χ4n) is 1.47. The summed E-state index contributed by atoms with van der Waals surface area (Å²) in [5.74, 6) is -2.05. The Balaban J connectivity index is 3.56. The van der Waals surface area contributed by atoms with E-state index >= 15 is 0 Å². The van der Waals surface area contributed by atoms with Crippen molar-refractivity contribution in [1.82, 2.24) is 0 Å². The molecule has 0 aliphatic heterocycles. The highest BCUT2D eigenvalue weighted by atomic mass is 32.2. The molecule has 2 nitrogen and oxygen atoms in total. The molecule has 18 heavy (non-hydrogen) atoms. The average Bonchev–Trinajstić information content (AvgIpc) is 2.31. The molecule has 0 bridgehead atoms. The first-order valence-electron chi connectivity index (χ1n) is 6.56. The van der Waals surface area contributed by atoms with Crippen LogP contribution in [0.5, 0.6) is 0 Å². The predicted octanol–water partition coefficient (Wildman–Crippen LogP) is 4.28. The second-order valence-corrected chi connectivity index (χ2v) is 5.97. The molecule has 0 aromatic heterocycles. The van der Waals surface area contributed by atoms with Crippen LogP contribution in [0.1, 0.15) is 52.9 Å². The summed E-state index contributed by atoms with van der Waals surface area (Å²) in [5, 5.41) is 0.167. The van der Waals surface area contributed by atoms with Gasteiger partial charge in [-0.15, -0.1) is 0 Å². The van der Waals surface area contributed by atoms with Gasteiger partial charge in [0, 0.05) is 24.5 Å². The van der Waals surface area contributed by atoms with E-state index in [1.807, 2.05) is 6.92 Å². The SMILES string of the molecule is CCCC(F)(F)CCCSC(C)COC(=O)CC. The predicted molar refractivity (Wildman–Crippen MR) is 72.3 cm³/mol. The first kappa shape index (κ1) is 17.7. The molecule has 0 saturated carbocycles. The molecule has 5 heteroatoms. The highest BCUT2D eigenvalue weighted by Gasteiger charge is 2.26. The topological polar surface area (TPSA) is 26.3 Å². The molecule has 0 radical (unpaired) electrons. The zero-order chi connectivity index (χ0) is 14.0. The zero-order valence-corrected chi connectivity index (χ0v) is 12.3. The number of halogens is 2. The van der Waals surface area contributed by atoms with Gasteiger partial charge in [0.1, 0.15) is 6.61 Å². The van der Waals surface area contributed by atoms with Gasteiger partial charge in [-0.05, 0) is 19.1 Å². The van der Waals surface area contributed by atoms with Gasteiger partial charge in [0.15, 0.2) is 0 Å². The van der Waals surface area contributed by atoms with Crippen LogP contribution in [0.2, 0.25) is 0 Å². The van der Waals surface area contributed by atoms with Gasteiger partial charge in [-0.1, -0.05) is 20.3 Å². The number of carbonyl (C=O) groups is 1. The van der Waals surface area contributed by atoms with E-state index in [1.165, 1.54) is 0 Å². The minimum atomic E-state index is -2.52. The highest BCUT2D eigenvalue weighted by molar-refractivity contribution is 7.99. The quantitative estimate of drug-likeness (QED) is 0.442. The van der Waals surface area contributed by atoms with E-state index in [4.69, 9.17) is 4.74 Å². The smallest absolute Gasteiger partial charge is 0.305 e. The second-order valence-electron chi connectivity index (χ2n) is 4.43. The monoisotopic (exact) mass is 282 g/mol. The number of carbonyl (C=O) groups excluding carboxylic acids is 1. The van der Waals surface area contributed by atoms with E-state index in [-0.39, 0.29) is 24.1 Å². The van der Waals surface area contributed by atoms with E-state index < -0.39 is 5.92 Å². The molecule has 0 aliphatic rings. The Bertz CT molecular complexity index is 235. The maximum Gasteiger partial charge on any atom is 0.305 e. The number of rotatable bonds is 10. The van der Waals surface area contributed by atoms with E-state index in [0.29, 0.717) is 31.6 Å². The highest BCUT2D eigenvalue weighted by Crippen LogP contribution is 2.27. The molecule has 0 aliphatic carbocycles. The third-order valence-electron chi connectivity index (χ3n) is 2.47. The number of hydrogen-bond donors (Lipinski definition) is 0. The summed E-state index contributed by atoms with van der Waals surface area (Å²) in [6.45, 7) is 5.82. The molecule has 0 rings (SSSR count). The molecule has 0 N–H and O–H groups in total. The molecule has 0 spiro atoms. The normalized spacial score (nSPS) is 13.4. The van der Waals surface area contributed by atoms with Gasteiger partial charge in [0.05, 0.1) is 0 Å². The lowest BCUT2D eigenvalue weighted by atomic mass is 10.1. The van der Waals surface area contributed by atoms with Crippen molar-refractivity contribution in [3.63, 3.8) is 0 Å². The Labute approximate surface area is 113 Å². The Kier molecular flexibility index (Phi) is 9.42. The summed E-state index contributed by atoms with van der Waals surface area (Å²) in [7, 11) is 0. The van der Waals surface area contributed by atoms with Gasteiger partial charge in [0.2, 0.25) is 5.92 Å². The number of thioether (sulfide) groups is 1. The number of esters is 1. The van der Waals surface area contributed by atoms with Crippen molar-refractivity contribution in [2.24, 2.45) is 0 Å². The average molecular weight is 282 g/mol. The maximum atomic E-state index is 13.2. The first-order chi connectivity index (χ1) is 8.41. The van der Waals surface area contributed by atoms with Crippen LogP contribution < -0.4 is 0 Å². The fourth-order valence-corrected chi connectivity index (χ4v) is 2.34. The van der Waals surface area contributed by atoms with Crippen molar-refractivity contribution in [2.45, 2.75) is 64.0 Å². The third-order valence-corrected chi connectivity index (χ3v) is 3.70. The number of alkyl halides is 2. The fraction of sp³-hybridized carbons (Fsp3) is 0.923. The first-order valence-corrected chi connectivity index (χ1v) is 7.61. The summed E-state index contributed by atoms with van der Waals surface area (Å²) in [5.41, 5.74) is 0. The van der Waals surface area contributed by atoms with Crippen molar-refractivity contribution in [2.75, 3.05) is 12.4 Å². The Morgan fingerprint density at radius 3 is 2.56 bits per heavy atom. The van der Waals surface area contributed by atoms with E-state index in [0.717, 1.165) is 0 Å². The molecule has 108 valence electrons. The van der Waals surface area contributed by atoms with Crippen LogP contribution in [0.4, 0.5) is 8.78 Å². The maximum absolute atomic E-state index is 13.2. The molecule has 0 fully saturated rings. The largest absolute Gasteiger partial charge is 0.465 e. The van der Waals surface area contributed by atoms with Crippen LogP contribution >= 0.6 is 11.8 Å². The zero-order valence-electron chi connectivity index (χ0n) is 11.5. The molecule has 1 unspecified atom stereocenters. The van der Waals surface area contributed by atoms with Crippen LogP contribution in [0.25, 0.3) is 0 Å². The standard InChI is InChI=1S/C13H24F2O2S/c1-4-7-13(14,15)8-6-9-18-11(3)10-17-12(16)5-2/h11H,4-10H2,1-3H3. The van der Waals surface area contributed by atoms with Crippen LogP contribution in [0.15, 0.2) is 0 Å². The van der Waals surface area contributed by atoms with Crippen molar-refractivity contribution < 1.29 is 18.3 Å². The summed E-state index contributed by atoms with van der Waals surface area (Å²) in [6.07, 6.45) is 1.32. The lowest BCUT2D eigenvalue weighted by Crippen LogP contribution is -2.16. The minimum absolute atomic E-state index is 0.0265. The lowest BCUT2D eigenvalue weighted by molar-refractivity contribution is -0.143. The number of ether oxygens (including phenoxy) is 1. The van der Waals surface area contributed by atoms with E-state index in [1.54, 1.807) is 25.6 Å². The molecule has 0 amide bonds. The van der Waals surface area contributed by atoms with Gasteiger partial charge in [-0.25, -0.2) is 8.78 Å². The molecular weight excluding hydrogens is 258 g/mol. The van der Waals surface area contributed by atoms with Gasteiger partial charge in [0.25, 0.3) is 0 Å². The summed E-state index contributed by atoms with van der Waals surface area (Å²) in [6, 6.07) is 0. The molecule has 0 heterocycles. The molecule has 0 aromatic carbocycles. The Morgan fingerprint density at radius 2 is 2.00 bits per heavy atom. The number of hydrogen-bond acceptors (Lipinski definition) is 3. The Morgan fingerprint density at radius 1 is 1.33 bits per heavy atom. The molecule has 0 saturated heterocycles. The van der Waals surface area contributed by atoms with Crippen molar-refractivity contribution >= 4 is 17.7 Å². The molecule has 0 aromatic rings. The van der Waals surface area contributed by atoms with Gasteiger partial charge in [-0.2, -0.15) is 11.8 Å². The van der Waals surface area contributed by atoms with Crippen molar-refractivity contribution in [1.29, 1.82) is 0 Å². The summed E-state index contributed by atoms with van der Waals surface area (Å²) >= 11 is 1.58. The van der Waals surface area contributed by atoms with Crippen molar-refractivity contribution in [3.8, 4) is 0 Å². The van der Waals surface area contributed by atoms with Gasteiger partial charge < -0.3 is 4.74 Å². The van der Waals surface area contributed by atoms with Crippen LogP contribution in [-0.4, -0.2) is 29.5 Å². The lowest BCUT2D eigenvalue weighted by Gasteiger charge is -2.16. The van der Waals surface area contributed by atoms with Gasteiger partial charge >= 0.3 is 5.97 Å².